The van der Waals surface area contributed by atoms with Crippen LogP contribution in [0.5, 0.6) is 5.75 Å². The monoisotopic (exact) mass is 437 g/mol. The number of sulfonamides is 1. The lowest BCUT2D eigenvalue weighted by Crippen LogP contribution is -2.26. The second-order valence-electron chi connectivity index (χ2n) is 5.10. The van der Waals surface area contributed by atoms with Gasteiger partial charge in [-0.1, -0.05) is 11.6 Å². The molecule has 2 N–H and O–H groups in total. The zero-order valence-electron chi connectivity index (χ0n) is 13.6. The van der Waals surface area contributed by atoms with E-state index in [-0.39, 0.29) is 22.1 Å². The van der Waals surface area contributed by atoms with Crippen molar-refractivity contribution in [2.75, 3.05) is 18.9 Å². The second kappa shape index (κ2) is 9.36. The molecule has 0 radical (unpaired) electrons. The molecule has 0 heterocycles. The maximum absolute atomic E-state index is 13.8. The fourth-order valence-corrected chi connectivity index (χ4v) is 4.03. The largest absolute Gasteiger partial charge is 0.479 e. The molecule has 0 bridgehead atoms. The van der Waals surface area contributed by atoms with Crippen LogP contribution in [-0.2, 0) is 14.8 Å². The lowest BCUT2D eigenvalue weighted by atomic mass is 10.3. The Labute approximate surface area is 163 Å². The third-order valence-electron chi connectivity index (χ3n) is 3.10. The van der Waals surface area contributed by atoms with Crippen LogP contribution in [0.15, 0.2) is 46.2 Å². The first kappa shape index (κ1) is 21.4. The Morgan fingerprint density at radius 2 is 1.78 bits per heavy atom. The van der Waals surface area contributed by atoms with Crippen molar-refractivity contribution < 1.29 is 31.8 Å². The van der Waals surface area contributed by atoms with Crippen molar-refractivity contribution in [3.8, 4) is 5.75 Å². The van der Waals surface area contributed by atoms with Gasteiger partial charge in [0.15, 0.2) is 24.0 Å². The van der Waals surface area contributed by atoms with Crippen LogP contribution in [0.3, 0.4) is 0 Å². The summed E-state index contributed by atoms with van der Waals surface area (Å²) in [7, 11) is -3.72. The molecule has 0 amide bonds. The van der Waals surface area contributed by atoms with Crippen molar-refractivity contribution in [3.05, 3.63) is 53.1 Å². The summed E-state index contributed by atoms with van der Waals surface area (Å²) in [6, 6.07) is 7.59. The normalized spacial score (nSPS) is 11.4. The van der Waals surface area contributed by atoms with Crippen LogP contribution in [0.25, 0.3) is 0 Å². The van der Waals surface area contributed by atoms with Crippen LogP contribution in [0.4, 0.5) is 8.78 Å². The Kier molecular flexibility index (Phi) is 7.42. The second-order valence-corrected chi connectivity index (χ2v) is 8.47. The van der Waals surface area contributed by atoms with E-state index in [2.05, 4.69) is 9.46 Å². The van der Waals surface area contributed by atoms with E-state index in [0.29, 0.717) is 5.02 Å². The van der Waals surface area contributed by atoms with E-state index in [0.717, 1.165) is 23.9 Å². The fourth-order valence-electron chi connectivity index (χ4n) is 1.93. The van der Waals surface area contributed by atoms with Gasteiger partial charge in [-0.3, -0.25) is 0 Å². The van der Waals surface area contributed by atoms with E-state index in [1.54, 1.807) is 0 Å². The van der Waals surface area contributed by atoms with Gasteiger partial charge in [-0.15, -0.1) is 11.8 Å². The number of aliphatic carboxylic acids is 1. The summed E-state index contributed by atoms with van der Waals surface area (Å²) in [5.41, 5.74) is 0. The van der Waals surface area contributed by atoms with Gasteiger partial charge >= 0.3 is 5.97 Å². The van der Waals surface area contributed by atoms with Crippen LogP contribution >= 0.6 is 23.4 Å². The predicted molar refractivity (Wildman–Crippen MR) is 96.9 cm³/mol. The summed E-state index contributed by atoms with van der Waals surface area (Å²) in [5, 5.41) is 8.89. The van der Waals surface area contributed by atoms with Crippen molar-refractivity contribution in [2.45, 2.75) is 9.79 Å². The lowest BCUT2D eigenvalue weighted by molar-refractivity contribution is -0.139. The standard InChI is InChI=1S/C16H14ClF2NO5S2/c17-10-1-3-12(4-2-10)27(23,24)20-5-6-26-11-7-13(18)16(14(19)8-11)25-9-15(21)22/h1-4,7-8,20H,5-6,9H2,(H,21,22). The zero-order valence-corrected chi connectivity index (χ0v) is 16.0. The maximum atomic E-state index is 13.8. The number of rotatable bonds is 9. The minimum Gasteiger partial charge on any atom is -0.479 e. The van der Waals surface area contributed by atoms with Gasteiger partial charge < -0.3 is 9.84 Å². The molecule has 2 aromatic carbocycles. The summed E-state index contributed by atoms with van der Waals surface area (Å²) in [6.07, 6.45) is 0. The summed E-state index contributed by atoms with van der Waals surface area (Å²) < 4.78 is 58.7. The minimum absolute atomic E-state index is 0.0239. The molecule has 2 aromatic rings. The van der Waals surface area contributed by atoms with Gasteiger partial charge in [0.1, 0.15) is 0 Å². The molecule has 0 saturated heterocycles. The van der Waals surface area contributed by atoms with Gasteiger partial charge in [0.2, 0.25) is 10.0 Å². The number of benzene rings is 2. The lowest BCUT2D eigenvalue weighted by Gasteiger charge is -2.09. The molecule has 0 aromatic heterocycles. The average molecular weight is 438 g/mol. The number of carboxylic acid groups (broad SMARTS) is 1. The molecule has 2 rings (SSSR count). The van der Waals surface area contributed by atoms with Crippen LogP contribution in [0, 0.1) is 11.6 Å². The van der Waals surface area contributed by atoms with E-state index < -0.39 is 40.0 Å². The number of thioether (sulfide) groups is 1. The third-order valence-corrected chi connectivity index (χ3v) is 5.80. The zero-order chi connectivity index (χ0) is 20.0. The molecule has 0 unspecified atom stereocenters. The first-order valence-electron chi connectivity index (χ1n) is 7.41. The molecule has 0 aliphatic heterocycles. The van der Waals surface area contributed by atoms with Gasteiger partial charge in [-0.05, 0) is 36.4 Å². The highest BCUT2D eigenvalue weighted by Gasteiger charge is 2.15. The van der Waals surface area contributed by atoms with E-state index in [4.69, 9.17) is 16.7 Å². The van der Waals surface area contributed by atoms with Crippen molar-refractivity contribution in [1.29, 1.82) is 0 Å². The first-order valence-corrected chi connectivity index (χ1v) is 10.3. The number of halogens is 3. The number of hydrogen-bond donors (Lipinski definition) is 2. The van der Waals surface area contributed by atoms with E-state index in [1.165, 1.54) is 24.3 Å². The van der Waals surface area contributed by atoms with Crippen LogP contribution in [-0.4, -0.2) is 38.4 Å². The molecular weight excluding hydrogens is 424 g/mol. The molecule has 0 fully saturated rings. The topological polar surface area (TPSA) is 92.7 Å². The number of carbonyl (C=O) groups is 1. The first-order chi connectivity index (χ1) is 12.7. The number of ether oxygens (including phenoxy) is 1. The Balaban J connectivity index is 1.91. The molecule has 0 atom stereocenters. The average Bonchev–Trinajstić information content (AvgIpc) is 2.58. The highest BCUT2D eigenvalue weighted by atomic mass is 35.5. The van der Waals surface area contributed by atoms with Crippen LogP contribution < -0.4 is 9.46 Å². The van der Waals surface area contributed by atoms with Gasteiger partial charge in [0.25, 0.3) is 0 Å². The fraction of sp³-hybridized carbons (Fsp3) is 0.188. The molecule has 146 valence electrons. The Morgan fingerprint density at radius 3 is 2.33 bits per heavy atom. The number of carboxylic acids is 1. The highest BCUT2D eigenvalue weighted by Crippen LogP contribution is 2.28. The van der Waals surface area contributed by atoms with Crippen molar-refractivity contribution in [1.82, 2.24) is 4.72 Å². The summed E-state index contributed by atoms with van der Waals surface area (Å²) in [6.45, 7) is -0.844. The maximum Gasteiger partial charge on any atom is 0.341 e. The van der Waals surface area contributed by atoms with Crippen molar-refractivity contribution in [3.63, 3.8) is 0 Å². The Hall–Kier alpha value is -1.88. The number of nitrogens with one attached hydrogen (secondary N) is 1. The van der Waals surface area contributed by atoms with Gasteiger partial charge in [0.05, 0.1) is 4.90 Å². The SMILES string of the molecule is O=C(O)COc1c(F)cc(SCCNS(=O)(=O)c2ccc(Cl)cc2)cc1F. The number of hydrogen-bond acceptors (Lipinski definition) is 5. The predicted octanol–water partition coefficient (Wildman–Crippen LogP) is 3.15. The molecule has 0 saturated carbocycles. The summed E-state index contributed by atoms with van der Waals surface area (Å²) >= 11 is 6.73. The smallest absolute Gasteiger partial charge is 0.341 e. The molecular formula is C16H14ClF2NO5S2. The molecule has 6 nitrogen and oxygen atoms in total. The Bertz CT molecular complexity index is 900. The summed E-state index contributed by atoms with van der Waals surface area (Å²) in [5.74, 6) is -4.01. The third kappa shape index (κ3) is 6.35. The van der Waals surface area contributed by atoms with Crippen molar-refractivity contribution in [2.24, 2.45) is 0 Å². The quantitative estimate of drug-likeness (QED) is 0.462. The minimum atomic E-state index is -3.72. The molecule has 27 heavy (non-hydrogen) atoms. The van der Waals surface area contributed by atoms with E-state index in [1.807, 2.05) is 0 Å². The molecule has 11 heteroatoms. The highest BCUT2D eigenvalue weighted by molar-refractivity contribution is 7.99. The van der Waals surface area contributed by atoms with Gasteiger partial charge in [-0.2, -0.15) is 0 Å². The molecule has 0 aliphatic rings. The van der Waals surface area contributed by atoms with Gasteiger partial charge in [0, 0.05) is 22.2 Å². The van der Waals surface area contributed by atoms with Crippen LogP contribution in [0.1, 0.15) is 0 Å². The molecule has 0 aliphatic carbocycles. The molecule has 0 spiro atoms. The van der Waals surface area contributed by atoms with Gasteiger partial charge in [-0.25, -0.2) is 26.7 Å². The van der Waals surface area contributed by atoms with E-state index >= 15 is 0 Å². The Morgan fingerprint density at radius 1 is 1.19 bits per heavy atom. The van der Waals surface area contributed by atoms with Crippen LogP contribution in [0.2, 0.25) is 5.02 Å². The summed E-state index contributed by atoms with van der Waals surface area (Å²) in [4.78, 5) is 10.7. The van der Waals surface area contributed by atoms with E-state index in [9.17, 15) is 22.0 Å². The van der Waals surface area contributed by atoms with Crippen molar-refractivity contribution >= 4 is 39.4 Å².